The fourth-order valence-electron chi connectivity index (χ4n) is 4.25. The van der Waals surface area contributed by atoms with Crippen LogP contribution in [0.2, 0.25) is 0 Å². The molecule has 0 atom stereocenters. The summed E-state index contributed by atoms with van der Waals surface area (Å²) in [5, 5.41) is 11.9. The molecule has 2 saturated heterocycles. The molecule has 0 unspecified atom stereocenters. The molecule has 2 aromatic carbocycles. The Balaban J connectivity index is 0.00000289. The lowest BCUT2D eigenvalue weighted by Crippen LogP contribution is -2.52. The van der Waals surface area contributed by atoms with Crippen LogP contribution in [-0.2, 0) is 15.1 Å². The van der Waals surface area contributed by atoms with Gasteiger partial charge in [0.25, 0.3) is 5.91 Å². The highest BCUT2D eigenvalue weighted by molar-refractivity contribution is 6.11. The number of β-amino-alcohol motifs (C(OH)–C–C–N with tert-alkyl or cyclic N) is 1. The second-order valence-corrected chi connectivity index (χ2v) is 7.75. The summed E-state index contributed by atoms with van der Waals surface area (Å²) in [4.78, 5) is 44.2. The highest BCUT2D eigenvalue weighted by Crippen LogP contribution is 2.35. The summed E-state index contributed by atoms with van der Waals surface area (Å²) < 4.78 is 0. The number of hydrogen-bond acceptors (Lipinski definition) is 5. The summed E-state index contributed by atoms with van der Waals surface area (Å²) >= 11 is 0. The van der Waals surface area contributed by atoms with Gasteiger partial charge in [0, 0.05) is 32.7 Å². The molecule has 4 rings (SSSR count). The third-order valence-electron chi connectivity index (χ3n) is 5.95. The van der Waals surface area contributed by atoms with Crippen molar-refractivity contribution in [2.75, 3.05) is 45.9 Å². The maximum absolute atomic E-state index is 13.6. The lowest BCUT2D eigenvalue weighted by atomic mass is 9.82. The summed E-state index contributed by atoms with van der Waals surface area (Å²) in [6.45, 7) is 2.68. The van der Waals surface area contributed by atoms with E-state index in [2.05, 4.69) is 10.2 Å². The average Bonchev–Trinajstić information content (AvgIpc) is 3.06. The van der Waals surface area contributed by atoms with E-state index in [1.807, 2.05) is 36.4 Å². The van der Waals surface area contributed by atoms with E-state index in [0.29, 0.717) is 43.9 Å². The number of urea groups is 1. The molecule has 2 heterocycles. The maximum atomic E-state index is 13.6. The first-order valence-corrected chi connectivity index (χ1v) is 10.4. The Labute approximate surface area is 193 Å². The van der Waals surface area contributed by atoms with Gasteiger partial charge in [-0.2, -0.15) is 0 Å². The smallest absolute Gasteiger partial charge is 0.326 e. The minimum Gasteiger partial charge on any atom is -0.395 e. The first-order valence-electron chi connectivity index (χ1n) is 10.4. The molecular formula is C23H27ClN4O4. The lowest BCUT2D eigenvalue weighted by Gasteiger charge is -2.35. The van der Waals surface area contributed by atoms with Crippen LogP contribution in [0, 0.1) is 0 Å². The molecule has 8 nitrogen and oxygen atoms in total. The molecule has 2 aliphatic heterocycles. The van der Waals surface area contributed by atoms with Crippen LogP contribution in [0.25, 0.3) is 0 Å². The second kappa shape index (κ2) is 10.1. The number of halogens is 1. The molecule has 9 heteroatoms. The zero-order chi connectivity index (χ0) is 21.8. The van der Waals surface area contributed by atoms with Crippen LogP contribution in [0.1, 0.15) is 11.1 Å². The van der Waals surface area contributed by atoms with Crippen molar-refractivity contribution in [3.8, 4) is 0 Å². The summed E-state index contributed by atoms with van der Waals surface area (Å²) in [5.41, 5.74) is -0.0704. The Kier molecular flexibility index (Phi) is 7.50. The number of imide groups is 1. The van der Waals surface area contributed by atoms with E-state index in [9.17, 15) is 14.4 Å². The van der Waals surface area contributed by atoms with Crippen LogP contribution in [0.3, 0.4) is 0 Å². The quantitative estimate of drug-likeness (QED) is 0.631. The average molecular weight is 459 g/mol. The number of carbonyl (C=O) groups is 3. The number of piperazine rings is 1. The standard InChI is InChI=1S/C23H26N4O4.ClH/c28-16-15-25-11-13-26(14-12-25)20(29)17-27-21(30)23(24-22(27)31,18-7-3-1-4-8-18)19-9-5-2-6-10-19;/h1-10,28H,11-17H2,(H,24,31);1H. The number of hydrogen-bond donors (Lipinski definition) is 2. The number of nitrogens with zero attached hydrogens (tertiary/aromatic N) is 3. The van der Waals surface area contributed by atoms with Gasteiger partial charge in [-0.05, 0) is 11.1 Å². The first kappa shape index (κ1) is 23.7. The van der Waals surface area contributed by atoms with E-state index < -0.39 is 17.5 Å². The fourth-order valence-corrected chi connectivity index (χ4v) is 4.25. The maximum Gasteiger partial charge on any atom is 0.326 e. The van der Waals surface area contributed by atoms with Crippen molar-refractivity contribution in [3.05, 3.63) is 71.8 Å². The SMILES string of the molecule is Cl.O=C(CN1C(=O)NC(c2ccccc2)(c2ccccc2)C1=O)N1CCN(CCO)CC1. The molecule has 0 bridgehead atoms. The van der Waals surface area contributed by atoms with Gasteiger partial charge in [0.2, 0.25) is 5.91 Å². The van der Waals surface area contributed by atoms with Crippen molar-refractivity contribution in [1.82, 2.24) is 20.0 Å². The molecule has 4 amide bonds. The minimum atomic E-state index is -1.36. The summed E-state index contributed by atoms with van der Waals surface area (Å²) in [6, 6.07) is 17.6. The number of aliphatic hydroxyl groups excluding tert-OH is 1. The van der Waals surface area contributed by atoms with Gasteiger partial charge < -0.3 is 15.3 Å². The monoisotopic (exact) mass is 458 g/mol. The third-order valence-corrected chi connectivity index (χ3v) is 5.95. The van der Waals surface area contributed by atoms with Crippen molar-refractivity contribution in [1.29, 1.82) is 0 Å². The number of rotatable bonds is 6. The van der Waals surface area contributed by atoms with Crippen LogP contribution in [0.4, 0.5) is 4.79 Å². The molecule has 0 aliphatic carbocycles. The summed E-state index contributed by atoms with van der Waals surface area (Å²) in [7, 11) is 0. The Morgan fingerprint density at radius 2 is 1.44 bits per heavy atom. The van der Waals surface area contributed by atoms with Crippen molar-refractivity contribution >= 4 is 30.3 Å². The van der Waals surface area contributed by atoms with Gasteiger partial charge in [0.05, 0.1) is 6.61 Å². The van der Waals surface area contributed by atoms with Gasteiger partial charge in [0.15, 0.2) is 5.54 Å². The molecule has 2 aromatic rings. The van der Waals surface area contributed by atoms with Crippen molar-refractivity contribution in [2.45, 2.75) is 5.54 Å². The van der Waals surface area contributed by atoms with Crippen LogP contribution < -0.4 is 5.32 Å². The molecule has 0 saturated carbocycles. The number of aliphatic hydroxyl groups is 1. The molecule has 0 radical (unpaired) electrons. The highest BCUT2D eigenvalue weighted by atomic mass is 35.5. The van der Waals surface area contributed by atoms with Gasteiger partial charge in [-0.15, -0.1) is 12.4 Å². The van der Waals surface area contributed by atoms with E-state index in [1.165, 1.54) is 0 Å². The zero-order valence-corrected chi connectivity index (χ0v) is 18.5. The largest absolute Gasteiger partial charge is 0.395 e. The molecular weight excluding hydrogens is 432 g/mol. The number of carbonyl (C=O) groups excluding carboxylic acids is 3. The highest BCUT2D eigenvalue weighted by Gasteiger charge is 2.54. The van der Waals surface area contributed by atoms with Crippen molar-refractivity contribution in [2.24, 2.45) is 0 Å². The van der Waals surface area contributed by atoms with Crippen molar-refractivity contribution < 1.29 is 19.5 Å². The van der Waals surface area contributed by atoms with Gasteiger partial charge in [-0.3, -0.25) is 19.4 Å². The molecule has 170 valence electrons. The molecule has 2 N–H and O–H groups in total. The third kappa shape index (κ3) is 4.34. The molecule has 0 spiro atoms. The number of nitrogens with one attached hydrogen (secondary N) is 1. The zero-order valence-electron chi connectivity index (χ0n) is 17.6. The molecule has 2 fully saturated rings. The Morgan fingerprint density at radius 1 is 0.906 bits per heavy atom. The normalized spacial score (nSPS) is 18.3. The van der Waals surface area contributed by atoms with Crippen LogP contribution >= 0.6 is 12.4 Å². The molecule has 0 aromatic heterocycles. The second-order valence-electron chi connectivity index (χ2n) is 7.75. The minimum absolute atomic E-state index is 0. The Bertz CT molecular complexity index is 909. The summed E-state index contributed by atoms with van der Waals surface area (Å²) in [6.07, 6.45) is 0. The van der Waals surface area contributed by atoms with E-state index >= 15 is 0 Å². The first-order chi connectivity index (χ1) is 15.1. The number of benzene rings is 2. The topological polar surface area (TPSA) is 93.2 Å². The van der Waals surface area contributed by atoms with Crippen LogP contribution in [0.15, 0.2) is 60.7 Å². The van der Waals surface area contributed by atoms with Crippen LogP contribution in [-0.4, -0.2) is 83.5 Å². The van der Waals surface area contributed by atoms with Gasteiger partial charge in [0.1, 0.15) is 6.54 Å². The fraction of sp³-hybridized carbons (Fsp3) is 0.348. The van der Waals surface area contributed by atoms with Crippen molar-refractivity contribution in [3.63, 3.8) is 0 Å². The van der Waals surface area contributed by atoms with Gasteiger partial charge >= 0.3 is 6.03 Å². The lowest BCUT2D eigenvalue weighted by molar-refractivity contribution is -0.139. The predicted molar refractivity (Wildman–Crippen MR) is 121 cm³/mol. The van der Waals surface area contributed by atoms with Gasteiger partial charge in [-0.1, -0.05) is 60.7 Å². The van der Waals surface area contributed by atoms with E-state index in [4.69, 9.17) is 5.11 Å². The molecule has 2 aliphatic rings. The predicted octanol–water partition coefficient (Wildman–Crippen LogP) is 1.04. The van der Waals surface area contributed by atoms with E-state index in [1.54, 1.807) is 29.2 Å². The Hall–Kier alpha value is -2.94. The van der Waals surface area contributed by atoms with E-state index in [0.717, 1.165) is 4.90 Å². The number of amides is 4. The Morgan fingerprint density at radius 3 is 1.94 bits per heavy atom. The van der Waals surface area contributed by atoms with E-state index in [-0.39, 0.29) is 31.5 Å². The summed E-state index contributed by atoms with van der Waals surface area (Å²) in [5.74, 6) is -0.716. The van der Waals surface area contributed by atoms with Crippen LogP contribution in [0.5, 0.6) is 0 Å². The van der Waals surface area contributed by atoms with Gasteiger partial charge in [-0.25, -0.2) is 4.79 Å². The molecule has 32 heavy (non-hydrogen) atoms.